The van der Waals surface area contributed by atoms with Crippen LogP contribution in [-0.2, 0) is 4.79 Å². The number of halogens is 4. The number of hydrogen-bond donors (Lipinski definition) is 3. The molecule has 1 aromatic carbocycles. The van der Waals surface area contributed by atoms with Crippen molar-refractivity contribution in [3.8, 4) is 5.88 Å². The highest BCUT2D eigenvalue weighted by atomic mass is 19.2. The van der Waals surface area contributed by atoms with Gasteiger partial charge in [-0.3, -0.25) is 9.59 Å². The topological polar surface area (TPSA) is 139 Å². The molecule has 10 nitrogen and oxygen atoms in total. The quantitative estimate of drug-likeness (QED) is 0.327. The van der Waals surface area contributed by atoms with Gasteiger partial charge in [-0.1, -0.05) is 5.10 Å². The van der Waals surface area contributed by atoms with E-state index in [0.717, 1.165) is 12.3 Å². The third kappa shape index (κ3) is 5.65. The molecule has 1 fully saturated rings. The van der Waals surface area contributed by atoms with Gasteiger partial charge in [-0.2, -0.15) is 0 Å². The van der Waals surface area contributed by atoms with E-state index in [2.05, 4.69) is 25.8 Å². The fourth-order valence-electron chi connectivity index (χ4n) is 3.44. The highest BCUT2D eigenvalue weighted by Gasteiger charge is 2.27. The predicted molar refractivity (Wildman–Crippen MR) is 110 cm³/mol. The number of carboxylic acid groups (broad SMARTS) is 1. The van der Waals surface area contributed by atoms with Crippen molar-refractivity contribution in [2.24, 2.45) is 5.92 Å². The summed E-state index contributed by atoms with van der Waals surface area (Å²) in [5.41, 5.74) is -0.835. The van der Waals surface area contributed by atoms with Crippen LogP contribution >= 0.6 is 0 Å². The molecular formula is C21H17F4N5O5. The van der Waals surface area contributed by atoms with Crippen LogP contribution in [0, 0.1) is 29.2 Å². The predicted octanol–water partition coefficient (Wildman–Crippen LogP) is 4.04. The minimum absolute atomic E-state index is 0.0305. The maximum Gasteiger partial charge on any atom is 0.320 e. The summed E-state index contributed by atoms with van der Waals surface area (Å²) in [6.45, 7) is 0. The smallest absolute Gasteiger partial charge is 0.320 e. The standard InChI is InChI=1S/C21H17F4N5O5/c22-11-5-13(24)15(6-12(11)23)28-21-30-29-19(35-21)18(31)27-16-8-26-17(7-14(16)25)34-10-3-1-9(2-4-10)20(32)33/h5-10H,1-4H2,(H,27,31)(H,28,30)(H,32,33). The average Bonchev–Trinajstić information content (AvgIpc) is 3.28. The second-order valence-corrected chi connectivity index (χ2v) is 7.67. The lowest BCUT2D eigenvalue weighted by molar-refractivity contribution is -0.143. The van der Waals surface area contributed by atoms with Gasteiger partial charge in [-0.25, -0.2) is 22.5 Å². The third-order valence-electron chi connectivity index (χ3n) is 5.26. The molecule has 0 bridgehead atoms. The van der Waals surface area contributed by atoms with Crippen molar-refractivity contribution >= 4 is 29.3 Å². The third-order valence-corrected chi connectivity index (χ3v) is 5.26. The number of rotatable bonds is 7. The van der Waals surface area contributed by atoms with Crippen molar-refractivity contribution in [3.05, 3.63) is 53.6 Å². The van der Waals surface area contributed by atoms with E-state index in [-0.39, 0.29) is 17.7 Å². The zero-order valence-corrected chi connectivity index (χ0v) is 17.7. The Kier molecular flexibility index (Phi) is 6.80. The minimum atomic E-state index is -1.39. The normalized spacial score (nSPS) is 17.6. The Bertz CT molecular complexity index is 1260. The molecule has 3 N–H and O–H groups in total. The summed E-state index contributed by atoms with van der Waals surface area (Å²) in [6, 6.07) is 1.30. The molecule has 4 rings (SSSR count). The number of benzene rings is 1. The Morgan fingerprint density at radius 1 is 0.943 bits per heavy atom. The summed E-state index contributed by atoms with van der Waals surface area (Å²) in [7, 11) is 0. The first-order chi connectivity index (χ1) is 16.7. The Morgan fingerprint density at radius 3 is 2.31 bits per heavy atom. The van der Waals surface area contributed by atoms with Crippen LogP contribution in [0.1, 0.15) is 36.4 Å². The SMILES string of the molecule is O=C(Nc1cnc(OC2CCC(C(=O)O)CC2)cc1F)c1nnc(Nc2cc(F)c(F)cc2F)o1. The van der Waals surface area contributed by atoms with E-state index in [1.54, 1.807) is 0 Å². The molecule has 0 atom stereocenters. The van der Waals surface area contributed by atoms with Crippen molar-refractivity contribution in [3.63, 3.8) is 0 Å². The fraction of sp³-hybridized carbons (Fsp3) is 0.286. The second-order valence-electron chi connectivity index (χ2n) is 7.67. The van der Waals surface area contributed by atoms with Gasteiger partial charge in [-0.15, -0.1) is 5.10 Å². The summed E-state index contributed by atoms with van der Waals surface area (Å²) >= 11 is 0. The van der Waals surface area contributed by atoms with E-state index >= 15 is 0 Å². The number of aromatic nitrogens is 3. The van der Waals surface area contributed by atoms with Crippen LogP contribution in [0.4, 0.5) is 35.0 Å². The molecule has 2 heterocycles. The first kappa shape index (κ1) is 23.9. The van der Waals surface area contributed by atoms with Gasteiger partial charge in [-0.05, 0) is 25.7 Å². The number of carboxylic acids is 1. The summed E-state index contributed by atoms with van der Waals surface area (Å²) in [5.74, 6) is -7.68. The molecule has 14 heteroatoms. The summed E-state index contributed by atoms with van der Waals surface area (Å²) in [5, 5.41) is 20.3. The molecule has 35 heavy (non-hydrogen) atoms. The second kappa shape index (κ2) is 9.95. The van der Waals surface area contributed by atoms with E-state index in [0.29, 0.717) is 37.8 Å². The number of nitrogens with zero attached hydrogens (tertiary/aromatic N) is 3. The Labute approximate surface area is 194 Å². The van der Waals surface area contributed by atoms with Crippen LogP contribution in [0.5, 0.6) is 5.88 Å². The maximum atomic E-state index is 14.5. The number of pyridine rings is 1. The monoisotopic (exact) mass is 495 g/mol. The molecule has 1 saturated carbocycles. The van der Waals surface area contributed by atoms with E-state index in [4.69, 9.17) is 14.3 Å². The zero-order chi connectivity index (χ0) is 25.1. The number of carbonyl (C=O) groups is 2. The fourth-order valence-corrected chi connectivity index (χ4v) is 3.44. The maximum absolute atomic E-state index is 14.5. The molecule has 0 unspecified atom stereocenters. The molecule has 0 saturated heterocycles. The number of nitrogens with one attached hydrogen (secondary N) is 2. The van der Waals surface area contributed by atoms with Crippen molar-refractivity contribution < 1.29 is 41.4 Å². The molecular weight excluding hydrogens is 478 g/mol. The number of ether oxygens (including phenoxy) is 1. The van der Waals surface area contributed by atoms with Crippen LogP contribution in [-0.4, -0.2) is 38.3 Å². The molecule has 0 aliphatic heterocycles. The van der Waals surface area contributed by atoms with Crippen LogP contribution in [0.2, 0.25) is 0 Å². The average molecular weight is 495 g/mol. The van der Waals surface area contributed by atoms with Gasteiger partial charge < -0.3 is 24.9 Å². The molecule has 1 amide bonds. The first-order valence-electron chi connectivity index (χ1n) is 10.3. The van der Waals surface area contributed by atoms with Crippen LogP contribution in [0.15, 0.2) is 28.8 Å². The molecule has 1 aliphatic rings. The molecule has 1 aliphatic carbocycles. The molecule has 0 radical (unpaired) electrons. The van der Waals surface area contributed by atoms with Gasteiger partial charge in [0, 0.05) is 18.2 Å². The summed E-state index contributed by atoms with van der Waals surface area (Å²) in [6.07, 6.45) is 2.57. The van der Waals surface area contributed by atoms with Gasteiger partial charge in [0.2, 0.25) is 5.88 Å². The first-order valence-corrected chi connectivity index (χ1v) is 10.3. The number of hydrogen-bond acceptors (Lipinski definition) is 8. The zero-order valence-electron chi connectivity index (χ0n) is 17.7. The van der Waals surface area contributed by atoms with E-state index in [1.165, 1.54) is 0 Å². The van der Waals surface area contributed by atoms with Gasteiger partial charge in [0.15, 0.2) is 17.5 Å². The van der Waals surface area contributed by atoms with Crippen molar-refractivity contribution in [2.45, 2.75) is 31.8 Å². The summed E-state index contributed by atoms with van der Waals surface area (Å²) in [4.78, 5) is 27.2. The van der Waals surface area contributed by atoms with Gasteiger partial charge in [0.25, 0.3) is 0 Å². The Morgan fingerprint density at radius 2 is 1.63 bits per heavy atom. The lowest BCUT2D eigenvalue weighted by Crippen LogP contribution is -2.28. The molecule has 0 spiro atoms. The molecule has 3 aromatic rings. The number of amides is 1. The lowest BCUT2D eigenvalue weighted by atomic mass is 9.87. The van der Waals surface area contributed by atoms with E-state index in [9.17, 15) is 27.2 Å². The highest BCUT2D eigenvalue weighted by molar-refractivity contribution is 6.00. The Balaban J connectivity index is 1.36. The van der Waals surface area contributed by atoms with Crippen molar-refractivity contribution in [1.29, 1.82) is 0 Å². The van der Waals surface area contributed by atoms with E-state index < -0.39 is 58.7 Å². The van der Waals surface area contributed by atoms with Gasteiger partial charge >= 0.3 is 23.8 Å². The summed E-state index contributed by atoms with van der Waals surface area (Å²) < 4.78 is 65.1. The van der Waals surface area contributed by atoms with Crippen molar-refractivity contribution in [1.82, 2.24) is 15.2 Å². The molecule has 184 valence electrons. The van der Waals surface area contributed by atoms with Gasteiger partial charge in [0.05, 0.1) is 23.5 Å². The minimum Gasteiger partial charge on any atom is -0.481 e. The van der Waals surface area contributed by atoms with Crippen molar-refractivity contribution in [2.75, 3.05) is 10.6 Å². The lowest BCUT2D eigenvalue weighted by Gasteiger charge is -2.26. The largest absolute Gasteiger partial charge is 0.481 e. The molecule has 2 aromatic heterocycles. The number of carbonyl (C=O) groups excluding carboxylic acids is 1. The van der Waals surface area contributed by atoms with Crippen LogP contribution < -0.4 is 15.4 Å². The van der Waals surface area contributed by atoms with Crippen LogP contribution in [0.3, 0.4) is 0 Å². The number of anilines is 3. The Hall–Kier alpha value is -4.23. The van der Waals surface area contributed by atoms with Gasteiger partial charge in [0.1, 0.15) is 11.9 Å². The van der Waals surface area contributed by atoms with Crippen LogP contribution in [0.25, 0.3) is 0 Å². The van der Waals surface area contributed by atoms with E-state index in [1.807, 2.05) is 0 Å². The number of aliphatic carboxylic acids is 1. The highest BCUT2D eigenvalue weighted by Crippen LogP contribution is 2.28.